The Labute approximate surface area is 87.8 Å². The summed E-state index contributed by atoms with van der Waals surface area (Å²) >= 11 is 0. The molecule has 84 valence electrons. The lowest BCUT2D eigenvalue weighted by Gasteiger charge is -2.23. The SMILES string of the molecule is CC1CC1C(=O)NC1(C(=O)O)CCOC1. The number of carboxylic acid groups (broad SMARTS) is 1. The number of hydrogen-bond acceptors (Lipinski definition) is 3. The summed E-state index contributed by atoms with van der Waals surface area (Å²) in [6.07, 6.45) is 1.22. The highest BCUT2D eigenvalue weighted by atomic mass is 16.5. The van der Waals surface area contributed by atoms with E-state index in [2.05, 4.69) is 5.32 Å². The van der Waals surface area contributed by atoms with Gasteiger partial charge in [-0.1, -0.05) is 6.92 Å². The molecule has 0 aromatic heterocycles. The van der Waals surface area contributed by atoms with Crippen LogP contribution in [0.5, 0.6) is 0 Å². The van der Waals surface area contributed by atoms with E-state index in [9.17, 15) is 9.59 Å². The van der Waals surface area contributed by atoms with Crippen LogP contribution in [-0.4, -0.2) is 35.7 Å². The molecule has 2 fully saturated rings. The van der Waals surface area contributed by atoms with Crippen molar-refractivity contribution in [3.63, 3.8) is 0 Å². The molecule has 1 saturated heterocycles. The van der Waals surface area contributed by atoms with Crippen LogP contribution in [0.4, 0.5) is 0 Å². The summed E-state index contributed by atoms with van der Waals surface area (Å²) in [6.45, 7) is 2.46. The second-order valence-electron chi connectivity index (χ2n) is 4.50. The van der Waals surface area contributed by atoms with Crippen LogP contribution in [0.3, 0.4) is 0 Å². The van der Waals surface area contributed by atoms with E-state index in [1.54, 1.807) is 0 Å². The Balaban J connectivity index is 2.01. The number of amides is 1. The van der Waals surface area contributed by atoms with Crippen LogP contribution in [0.2, 0.25) is 0 Å². The first-order valence-electron chi connectivity index (χ1n) is 5.18. The van der Waals surface area contributed by atoms with Gasteiger partial charge in [0.2, 0.25) is 5.91 Å². The zero-order chi connectivity index (χ0) is 11.1. The molecule has 5 nitrogen and oxygen atoms in total. The van der Waals surface area contributed by atoms with Gasteiger partial charge in [-0.05, 0) is 12.3 Å². The van der Waals surface area contributed by atoms with Gasteiger partial charge in [0.25, 0.3) is 0 Å². The predicted octanol–water partition coefficient (Wildman–Crippen LogP) is 0.00230. The van der Waals surface area contributed by atoms with Gasteiger partial charge in [-0.2, -0.15) is 0 Å². The number of aliphatic carboxylic acids is 1. The normalized spacial score (nSPS) is 38.7. The van der Waals surface area contributed by atoms with Gasteiger partial charge in [0.15, 0.2) is 5.54 Å². The van der Waals surface area contributed by atoms with Gasteiger partial charge in [-0.25, -0.2) is 4.79 Å². The average molecular weight is 213 g/mol. The molecule has 0 aromatic rings. The molecular formula is C10H15NO4. The standard InChI is InChI=1S/C10H15NO4/c1-6-4-7(6)8(12)11-10(9(13)14)2-3-15-5-10/h6-7H,2-5H2,1H3,(H,11,12)(H,13,14). The summed E-state index contributed by atoms with van der Waals surface area (Å²) in [7, 11) is 0. The zero-order valence-electron chi connectivity index (χ0n) is 8.66. The second kappa shape index (κ2) is 3.48. The minimum Gasteiger partial charge on any atom is -0.479 e. The molecule has 3 unspecified atom stereocenters. The molecule has 2 N–H and O–H groups in total. The Morgan fingerprint density at radius 3 is 2.60 bits per heavy atom. The maximum atomic E-state index is 11.7. The average Bonchev–Trinajstić information content (AvgIpc) is 2.73. The highest BCUT2D eigenvalue weighted by Gasteiger charge is 2.48. The predicted molar refractivity (Wildman–Crippen MR) is 51.2 cm³/mol. The van der Waals surface area contributed by atoms with Crippen LogP contribution < -0.4 is 5.32 Å². The van der Waals surface area contributed by atoms with Crippen molar-refractivity contribution < 1.29 is 19.4 Å². The number of ether oxygens (including phenoxy) is 1. The highest BCUT2D eigenvalue weighted by Crippen LogP contribution is 2.38. The Bertz CT molecular complexity index is 296. The number of carboxylic acids is 1. The van der Waals surface area contributed by atoms with Gasteiger partial charge < -0.3 is 15.2 Å². The number of carbonyl (C=O) groups is 2. The summed E-state index contributed by atoms with van der Waals surface area (Å²) in [5, 5.41) is 11.7. The van der Waals surface area contributed by atoms with E-state index in [-0.39, 0.29) is 18.4 Å². The van der Waals surface area contributed by atoms with Crippen LogP contribution in [-0.2, 0) is 14.3 Å². The van der Waals surface area contributed by atoms with E-state index in [0.717, 1.165) is 6.42 Å². The minimum atomic E-state index is -1.18. The van der Waals surface area contributed by atoms with E-state index >= 15 is 0 Å². The Hall–Kier alpha value is -1.10. The molecule has 2 aliphatic rings. The lowest BCUT2D eigenvalue weighted by molar-refractivity contribution is -0.147. The summed E-state index contributed by atoms with van der Waals surface area (Å²) < 4.78 is 5.05. The molecular weight excluding hydrogens is 198 g/mol. The van der Waals surface area contributed by atoms with Crippen LogP contribution >= 0.6 is 0 Å². The van der Waals surface area contributed by atoms with Crippen molar-refractivity contribution >= 4 is 11.9 Å². The maximum absolute atomic E-state index is 11.7. The van der Waals surface area contributed by atoms with Crippen molar-refractivity contribution in [1.82, 2.24) is 5.32 Å². The van der Waals surface area contributed by atoms with Crippen molar-refractivity contribution in [1.29, 1.82) is 0 Å². The van der Waals surface area contributed by atoms with Crippen molar-refractivity contribution in [3.8, 4) is 0 Å². The largest absolute Gasteiger partial charge is 0.479 e. The van der Waals surface area contributed by atoms with Gasteiger partial charge >= 0.3 is 5.97 Å². The first-order chi connectivity index (χ1) is 7.05. The zero-order valence-corrected chi connectivity index (χ0v) is 8.66. The molecule has 0 aromatic carbocycles. The first-order valence-corrected chi connectivity index (χ1v) is 5.18. The third kappa shape index (κ3) is 1.84. The quantitative estimate of drug-likeness (QED) is 0.692. The molecule has 2 rings (SSSR count). The van der Waals surface area contributed by atoms with E-state index in [1.807, 2.05) is 6.92 Å². The van der Waals surface area contributed by atoms with Crippen molar-refractivity contribution in [3.05, 3.63) is 0 Å². The topological polar surface area (TPSA) is 75.6 Å². The summed E-state index contributed by atoms with van der Waals surface area (Å²) in [4.78, 5) is 22.7. The molecule has 5 heteroatoms. The smallest absolute Gasteiger partial charge is 0.331 e. The Morgan fingerprint density at radius 2 is 2.20 bits per heavy atom. The van der Waals surface area contributed by atoms with Crippen molar-refractivity contribution in [2.45, 2.75) is 25.3 Å². The van der Waals surface area contributed by atoms with E-state index in [0.29, 0.717) is 18.9 Å². The molecule has 1 aliphatic carbocycles. The summed E-state index contributed by atoms with van der Waals surface area (Å²) in [5.41, 5.74) is -1.18. The van der Waals surface area contributed by atoms with Gasteiger partial charge in [0.1, 0.15) is 0 Å². The fourth-order valence-electron chi connectivity index (χ4n) is 1.90. The number of carbonyl (C=O) groups excluding carboxylic acids is 1. The molecule has 1 saturated carbocycles. The lowest BCUT2D eigenvalue weighted by Crippen LogP contribution is -2.55. The van der Waals surface area contributed by atoms with Crippen molar-refractivity contribution in [2.24, 2.45) is 11.8 Å². The van der Waals surface area contributed by atoms with E-state index in [1.165, 1.54) is 0 Å². The van der Waals surface area contributed by atoms with Crippen LogP contribution in [0.15, 0.2) is 0 Å². The van der Waals surface area contributed by atoms with Crippen LogP contribution in [0.25, 0.3) is 0 Å². The number of rotatable bonds is 3. The van der Waals surface area contributed by atoms with Crippen LogP contribution in [0, 0.1) is 11.8 Å². The molecule has 3 atom stereocenters. The van der Waals surface area contributed by atoms with Gasteiger partial charge in [0, 0.05) is 18.9 Å². The molecule has 0 spiro atoms. The molecule has 1 heterocycles. The fraction of sp³-hybridized carbons (Fsp3) is 0.800. The Morgan fingerprint density at radius 1 is 1.53 bits per heavy atom. The van der Waals surface area contributed by atoms with Crippen LogP contribution in [0.1, 0.15) is 19.8 Å². The number of nitrogens with one attached hydrogen (secondary N) is 1. The molecule has 0 bridgehead atoms. The Kier molecular flexibility index (Phi) is 2.42. The summed E-state index contributed by atoms with van der Waals surface area (Å²) in [5.74, 6) is -0.753. The third-order valence-electron chi connectivity index (χ3n) is 3.24. The second-order valence-corrected chi connectivity index (χ2v) is 4.50. The minimum absolute atomic E-state index is 0.00169. The van der Waals surface area contributed by atoms with Gasteiger partial charge in [-0.3, -0.25) is 4.79 Å². The highest BCUT2D eigenvalue weighted by molar-refractivity contribution is 5.89. The first kappa shape index (κ1) is 10.4. The lowest BCUT2D eigenvalue weighted by atomic mass is 9.98. The maximum Gasteiger partial charge on any atom is 0.331 e. The van der Waals surface area contributed by atoms with Crippen molar-refractivity contribution in [2.75, 3.05) is 13.2 Å². The van der Waals surface area contributed by atoms with Gasteiger partial charge in [-0.15, -0.1) is 0 Å². The summed E-state index contributed by atoms with van der Waals surface area (Å²) in [6, 6.07) is 0. The van der Waals surface area contributed by atoms with E-state index in [4.69, 9.17) is 9.84 Å². The third-order valence-corrected chi connectivity index (χ3v) is 3.24. The molecule has 15 heavy (non-hydrogen) atoms. The van der Waals surface area contributed by atoms with E-state index < -0.39 is 11.5 Å². The van der Waals surface area contributed by atoms with Gasteiger partial charge in [0.05, 0.1) is 6.61 Å². The fourth-order valence-corrected chi connectivity index (χ4v) is 1.90. The molecule has 1 amide bonds. The molecule has 0 radical (unpaired) electrons. The molecule has 1 aliphatic heterocycles. The monoisotopic (exact) mass is 213 g/mol. The number of hydrogen-bond donors (Lipinski definition) is 2.